The summed E-state index contributed by atoms with van der Waals surface area (Å²) in [6.07, 6.45) is -0.0815. The van der Waals surface area contributed by atoms with Gasteiger partial charge in [0, 0.05) is 19.2 Å². The predicted molar refractivity (Wildman–Crippen MR) is 72.4 cm³/mol. The van der Waals surface area contributed by atoms with Gasteiger partial charge in [0.05, 0.1) is 19.3 Å². The molecular formula is C14H21NO4. The summed E-state index contributed by atoms with van der Waals surface area (Å²) >= 11 is 0. The Bertz CT molecular complexity index is 378. The van der Waals surface area contributed by atoms with Crippen molar-refractivity contribution < 1.29 is 19.4 Å². The van der Waals surface area contributed by atoms with Gasteiger partial charge < -0.3 is 19.9 Å². The number of hydrogen-bond donors (Lipinski definition) is 2. The standard InChI is InChI=1S/C14H21NO4/c1-3-19-13-6-4-11(5-7-13)14(17)15-9-8-12(16)10-18-2/h4-7,12,16H,3,8-10H2,1-2H3,(H,15,17). The van der Waals surface area contributed by atoms with Crippen molar-refractivity contribution in [3.8, 4) is 5.75 Å². The molecule has 1 aromatic carbocycles. The Balaban J connectivity index is 2.36. The molecule has 19 heavy (non-hydrogen) atoms. The lowest BCUT2D eigenvalue weighted by atomic mass is 10.2. The number of amides is 1. The first-order valence-corrected chi connectivity index (χ1v) is 6.35. The van der Waals surface area contributed by atoms with Gasteiger partial charge in [-0.2, -0.15) is 0 Å². The highest BCUT2D eigenvalue weighted by Crippen LogP contribution is 2.11. The van der Waals surface area contributed by atoms with E-state index >= 15 is 0 Å². The molecule has 1 unspecified atom stereocenters. The molecule has 106 valence electrons. The lowest BCUT2D eigenvalue weighted by Crippen LogP contribution is -2.28. The van der Waals surface area contributed by atoms with Crippen molar-refractivity contribution in [1.82, 2.24) is 5.32 Å². The number of rotatable bonds is 8. The minimum absolute atomic E-state index is 0.160. The van der Waals surface area contributed by atoms with Crippen LogP contribution in [0, 0.1) is 0 Å². The van der Waals surface area contributed by atoms with Crippen LogP contribution in [-0.2, 0) is 4.74 Å². The van der Waals surface area contributed by atoms with E-state index in [1.807, 2.05) is 6.92 Å². The Morgan fingerprint density at radius 3 is 2.63 bits per heavy atom. The first-order valence-electron chi connectivity index (χ1n) is 6.35. The zero-order valence-corrected chi connectivity index (χ0v) is 11.4. The van der Waals surface area contributed by atoms with Gasteiger partial charge in [-0.3, -0.25) is 4.79 Å². The molecule has 5 nitrogen and oxygen atoms in total. The molecule has 0 saturated carbocycles. The molecule has 0 aliphatic heterocycles. The Hall–Kier alpha value is -1.59. The summed E-state index contributed by atoms with van der Waals surface area (Å²) in [5.74, 6) is 0.585. The van der Waals surface area contributed by atoms with Gasteiger partial charge in [-0.15, -0.1) is 0 Å². The Morgan fingerprint density at radius 2 is 2.05 bits per heavy atom. The topological polar surface area (TPSA) is 67.8 Å². The molecule has 1 amide bonds. The van der Waals surface area contributed by atoms with Gasteiger partial charge >= 0.3 is 0 Å². The number of carbonyl (C=O) groups excluding carboxylic acids is 1. The maximum Gasteiger partial charge on any atom is 0.251 e. The number of hydrogen-bond acceptors (Lipinski definition) is 4. The molecular weight excluding hydrogens is 246 g/mol. The van der Waals surface area contributed by atoms with Gasteiger partial charge in [-0.05, 0) is 37.6 Å². The first-order chi connectivity index (χ1) is 9.17. The molecule has 0 aliphatic rings. The van der Waals surface area contributed by atoms with E-state index < -0.39 is 6.10 Å². The Labute approximate surface area is 113 Å². The third-order valence-corrected chi connectivity index (χ3v) is 2.55. The van der Waals surface area contributed by atoms with Crippen LogP contribution in [-0.4, -0.2) is 44.0 Å². The summed E-state index contributed by atoms with van der Waals surface area (Å²) in [5, 5.41) is 12.2. The van der Waals surface area contributed by atoms with Gasteiger partial charge in [-0.25, -0.2) is 0 Å². The normalized spacial score (nSPS) is 11.9. The smallest absolute Gasteiger partial charge is 0.251 e. The lowest BCUT2D eigenvalue weighted by Gasteiger charge is -2.10. The lowest BCUT2D eigenvalue weighted by molar-refractivity contribution is 0.0587. The summed E-state index contributed by atoms with van der Waals surface area (Å²) in [4.78, 5) is 11.8. The van der Waals surface area contributed by atoms with Crippen molar-refractivity contribution in [2.75, 3.05) is 26.9 Å². The SMILES string of the molecule is CCOc1ccc(C(=O)NCCC(O)COC)cc1. The number of ether oxygens (including phenoxy) is 2. The van der Waals surface area contributed by atoms with E-state index in [0.29, 0.717) is 25.1 Å². The maximum atomic E-state index is 11.8. The van der Waals surface area contributed by atoms with E-state index in [1.54, 1.807) is 24.3 Å². The summed E-state index contributed by atoms with van der Waals surface area (Å²) in [6, 6.07) is 6.95. The molecule has 1 atom stereocenters. The fraction of sp³-hybridized carbons (Fsp3) is 0.500. The maximum absolute atomic E-state index is 11.8. The zero-order valence-electron chi connectivity index (χ0n) is 11.4. The third kappa shape index (κ3) is 5.72. The zero-order chi connectivity index (χ0) is 14.1. The van der Waals surface area contributed by atoms with Crippen molar-refractivity contribution in [1.29, 1.82) is 0 Å². The van der Waals surface area contributed by atoms with Crippen LogP contribution < -0.4 is 10.1 Å². The van der Waals surface area contributed by atoms with Crippen LogP contribution in [0.15, 0.2) is 24.3 Å². The van der Waals surface area contributed by atoms with E-state index in [9.17, 15) is 9.90 Å². The second kappa shape index (κ2) is 8.50. The average molecular weight is 267 g/mol. The van der Waals surface area contributed by atoms with Gasteiger partial charge in [0.25, 0.3) is 5.91 Å². The van der Waals surface area contributed by atoms with Crippen LogP contribution in [0.3, 0.4) is 0 Å². The largest absolute Gasteiger partial charge is 0.494 e. The fourth-order valence-electron chi connectivity index (χ4n) is 1.60. The second-order valence-corrected chi connectivity index (χ2v) is 4.11. The number of aliphatic hydroxyl groups excluding tert-OH is 1. The van der Waals surface area contributed by atoms with Gasteiger partial charge in [0.15, 0.2) is 0 Å². The third-order valence-electron chi connectivity index (χ3n) is 2.55. The molecule has 0 bridgehead atoms. The Morgan fingerprint density at radius 1 is 1.37 bits per heavy atom. The summed E-state index contributed by atoms with van der Waals surface area (Å²) in [5.41, 5.74) is 0.574. The Kier molecular flexibility index (Phi) is 6.92. The molecule has 2 N–H and O–H groups in total. The molecule has 0 radical (unpaired) electrons. The number of carbonyl (C=O) groups is 1. The average Bonchev–Trinajstić information content (AvgIpc) is 2.40. The summed E-state index contributed by atoms with van der Waals surface area (Å²) in [7, 11) is 1.53. The van der Waals surface area contributed by atoms with Crippen LogP contribution in [0.5, 0.6) is 5.75 Å². The van der Waals surface area contributed by atoms with E-state index in [-0.39, 0.29) is 12.5 Å². The van der Waals surface area contributed by atoms with E-state index in [2.05, 4.69) is 5.32 Å². The molecule has 0 aliphatic carbocycles. The molecule has 1 aromatic rings. The van der Waals surface area contributed by atoms with Gasteiger partial charge in [0.1, 0.15) is 5.75 Å². The highest BCUT2D eigenvalue weighted by atomic mass is 16.5. The van der Waals surface area contributed by atoms with Crippen LogP contribution >= 0.6 is 0 Å². The van der Waals surface area contributed by atoms with Crippen LogP contribution in [0.25, 0.3) is 0 Å². The number of nitrogens with one attached hydrogen (secondary N) is 1. The second-order valence-electron chi connectivity index (χ2n) is 4.11. The molecule has 0 fully saturated rings. The number of benzene rings is 1. The molecule has 0 saturated heterocycles. The summed E-state index contributed by atoms with van der Waals surface area (Å²) < 4.78 is 10.1. The van der Waals surface area contributed by atoms with Crippen LogP contribution in [0.1, 0.15) is 23.7 Å². The molecule has 1 rings (SSSR count). The quantitative estimate of drug-likeness (QED) is 0.743. The summed E-state index contributed by atoms with van der Waals surface area (Å²) in [6.45, 7) is 3.20. The number of methoxy groups -OCH3 is 1. The highest BCUT2D eigenvalue weighted by molar-refractivity contribution is 5.94. The van der Waals surface area contributed by atoms with Crippen molar-refractivity contribution in [3.63, 3.8) is 0 Å². The van der Waals surface area contributed by atoms with Crippen molar-refractivity contribution in [2.45, 2.75) is 19.4 Å². The molecule has 0 spiro atoms. The van der Waals surface area contributed by atoms with Crippen LogP contribution in [0.2, 0.25) is 0 Å². The molecule has 0 aromatic heterocycles. The highest BCUT2D eigenvalue weighted by Gasteiger charge is 2.07. The van der Waals surface area contributed by atoms with Gasteiger partial charge in [-0.1, -0.05) is 0 Å². The molecule has 0 heterocycles. The van der Waals surface area contributed by atoms with Crippen molar-refractivity contribution in [3.05, 3.63) is 29.8 Å². The van der Waals surface area contributed by atoms with E-state index in [4.69, 9.17) is 9.47 Å². The fourth-order valence-corrected chi connectivity index (χ4v) is 1.60. The van der Waals surface area contributed by atoms with Crippen molar-refractivity contribution in [2.24, 2.45) is 0 Å². The molecule has 5 heteroatoms. The van der Waals surface area contributed by atoms with Gasteiger partial charge in [0.2, 0.25) is 0 Å². The van der Waals surface area contributed by atoms with E-state index in [0.717, 1.165) is 5.75 Å². The minimum atomic E-state index is -0.550. The first kappa shape index (κ1) is 15.5. The number of aliphatic hydroxyl groups is 1. The van der Waals surface area contributed by atoms with E-state index in [1.165, 1.54) is 7.11 Å². The predicted octanol–water partition coefficient (Wildman–Crippen LogP) is 1.21. The van der Waals surface area contributed by atoms with Crippen molar-refractivity contribution >= 4 is 5.91 Å². The van der Waals surface area contributed by atoms with Crippen LogP contribution in [0.4, 0.5) is 0 Å². The minimum Gasteiger partial charge on any atom is -0.494 e. The monoisotopic (exact) mass is 267 g/mol.